The Morgan fingerprint density at radius 2 is 2.09 bits per heavy atom. The second-order valence-electron chi connectivity index (χ2n) is 6.49. The third-order valence-corrected chi connectivity index (χ3v) is 5.64. The van der Waals surface area contributed by atoms with Crippen LogP contribution >= 0.6 is 15.9 Å². The van der Waals surface area contributed by atoms with Crippen molar-refractivity contribution in [3.05, 3.63) is 22.2 Å². The second-order valence-corrected chi connectivity index (χ2v) is 7.34. The van der Waals surface area contributed by atoms with Crippen molar-refractivity contribution in [2.75, 3.05) is 27.2 Å². The van der Waals surface area contributed by atoms with Gasteiger partial charge in [0.25, 0.3) is 0 Å². The van der Waals surface area contributed by atoms with Crippen molar-refractivity contribution in [3.63, 3.8) is 0 Å². The molecular weight excluding hydrogens is 344 g/mol. The molecule has 1 aliphatic heterocycles. The predicted molar refractivity (Wildman–Crippen MR) is 91.5 cm³/mol. The van der Waals surface area contributed by atoms with E-state index in [1.807, 2.05) is 6.07 Å². The quantitative estimate of drug-likeness (QED) is 0.865. The van der Waals surface area contributed by atoms with Gasteiger partial charge in [-0.05, 0) is 62.9 Å². The van der Waals surface area contributed by atoms with E-state index in [9.17, 15) is 0 Å². The average molecular weight is 369 g/mol. The molecule has 1 aliphatic carbocycles. The van der Waals surface area contributed by atoms with Crippen molar-refractivity contribution >= 4 is 15.9 Å². The van der Waals surface area contributed by atoms with E-state index in [0.29, 0.717) is 18.1 Å². The van der Waals surface area contributed by atoms with Gasteiger partial charge in [-0.2, -0.15) is 0 Å². The molecule has 3 rings (SSSR count). The summed E-state index contributed by atoms with van der Waals surface area (Å²) >= 11 is 3.71. The van der Waals surface area contributed by atoms with Gasteiger partial charge < -0.3 is 15.2 Å². The zero-order valence-electron chi connectivity index (χ0n) is 13.3. The van der Waals surface area contributed by atoms with Gasteiger partial charge in [0.1, 0.15) is 0 Å². The first kappa shape index (κ1) is 16.1. The van der Waals surface area contributed by atoms with Crippen LogP contribution in [0.4, 0.5) is 0 Å². The lowest BCUT2D eigenvalue weighted by Gasteiger charge is -2.28. The van der Waals surface area contributed by atoms with Crippen LogP contribution < -0.4 is 15.2 Å². The van der Waals surface area contributed by atoms with Crippen LogP contribution in [0.15, 0.2) is 16.6 Å². The molecule has 1 saturated carbocycles. The highest BCUT2D eigenvalue weighted by Crippen LogP contribution is 2.43. The monoisotopic (exact) mass is 368 g/mol. The number of benzene rings is 1. The third kappa shape index (κ3) is 3.12. The SMILES string of the molecule is COc1cc(Br)c(C2CC(CN)CN2C)cc1OC1CCC1. The van der Waals surface area contributed by atoms with E-state index in [4.69, 9.17) is 15.2 Å². The first-order chi connectivity index (χ1) is 10.6. The average Bonchev–Trinajstić information content (AvgIpc) is 2.84. The zero-order valence-corrected chi connectivity index (χ0v) is 14.9. The molecule has 2 N–H and O–H groups in total. The van der Waals surface area contributed by atoms with Crippen LogP contribution in [0.25, 0.3) is 0 Å². The number of likely N-dealkylation sites (tertiary alicyclic amines) is 1. The molecular formula is C17H25BrN2O2. The number of nitrogens with two attached hydrogens (primary N) is 1. The minimum Gasteiger partial charge on any atom is -0.493 e. The lowest BCUT2D eigenvalue weighted by molar-refractivity contribution is 0.115. The minimum absolute atomic E-state index is 0.348. The van der Waals surface area contributed by atoms with E-state index in [2.05, 4.69) is 33.9 Å². The van der Waals surface area contributed by atoms with Crippen LogP contribution in [0, 0.1) is 5.92 Å². The molecule has 0 amide bonds. The van der Waals surface area contributed by atoms with E-state index in [1.165, 1.54) is 12.0 Å². The Balaban J connectivity index is 1.88. The second kappa shape index (κ2) is 6.77. The summed E-state index contributed by atoms with van der Waals surface area (Å²) in [7, 11) is 3.87. The first-order valence-corrected chi connectivity index (χ1v) is 8.86. The van der Waals surface area contributed by atoms with Crippen molar-refractivity contribution in [2.24, 2.45) is 11.7 Å². The van der Waals surface area contributed by atoms with Crippen LogP contribution in [0.5, 0.6) is 11.5 Å². The maximum absolute atomic E-state index is 6.13. The molecule has 2 atom stereocenters. The molecule has 0 radical (unpaired) electrons. The van der Waals surface area contributed by atoms with E-state index in [0.717, 1.165) is 48.3 Å². The first-order valence-electron chi connectivity index (χ1n) is 8.06. The summed E-state index contributed by atoms with van der Waals surface area (Å²) in [4.78, 5) is 2.39. The van der Waals surface area contributed by atoms with Crippen molar-refractivity contribution in [1.82, 2.24) is 4.90 Å². The lowest BCUT2D eigenvalue weighted by atomic mass is 9.96. The summed E-state index contributed by atoms with van der Waals surface area (Å²) in [6, 6.07) is 4.58. The van der Waals surface area contributed by atoms with E-state index < -0.39 is 0 Å². The van der Waals surface area contributed by atoms with Crippen LogP contribution in [0.1, 0.15) is 37.3 Å². The molecule has 2 unspecified atom stereocenters. The van der Waals surface area contributed by atoms with Gasteiger partial charge in [0.2, 0.25) is 0 Å². The summed E-state index contributed by atoms with van der Waals surface area (Å²) in [5.74, 6) is 2.24. The predicted octanol–water partition coefficient (Wildman–Crippen LogP) is 3.34. The summed E-state index contributed by atoms with van der Waals surface area (Å²) in [6.07, 6.45) is 5.00. The molecule has 1 heterocycles. The highest BCUT2D eigenvalue weighted by Gasteiger charge is 2.32. The molecule has 2 fully saturated rings. The van der Waals surface area contributed by atoms with Crippen LogP contribution in [0.3, 0.4) is 0 Å². The smallest absolute Gasteiger partial charge is 0.161 e. The molecule has 2 aliphatic rings. The van der Waals surface area contributed by atoms with Gasteiger partial charge in [0, 0.05) is 17.1 Å². The summed E-state index contributed by atoms with van der Waals surface area (Å²) in [6.45, 7) is 1.80. The highest BCUT2D eigenvalue weighted by molar-refractivity contribution is 9.10. The Hall–Kier alpha value is -0.780. The number of methoxy groups -OCH3 is 1. The molecule has 1 aromatic rings. The standard InChI is InChI=1S/C17H25BrN2O2/c1-20-10-11(9-19)6-15(20)13-7-17(22-12-4-3-5-12)16(21-2)8-14(13)18/h7-8,11-12,15H,3-6,9-10,19H2,1-2H3. The Labute approximate surface area is 141 Å². The van der Waals surface area contributed by atoms with E-state index in [-0.39, 0.29) is 0 Å². The Morgan fingerprint density at radius 1 is 1.32 bits per heavy atom. The minimum atomic E-state index is 0.348. The van der Waals surface area contributed by atoms with Crippen molar-refractivity contribution in [3.8, 4) is 11.5 Å². The summed E-state index contributed by atoms with van der Waals surface area (Å²) in [5.41, 5.74) is 7.13. The topological polar surface area (TPSA) is 47.7 Å². The number of nitrogens with zero attached hydrogens (tertiary/aromatic N) is 1. The fourth-order valence-electron chi connectivity index (χ4n) is 3.37. The van der Waals surface area contributed by atoms with Crippen LogP contribution in [0.2, 0.25) is 0 Å². The van der Waals surface area contributed by atoms with Gasteiger partial charge in [-0.15, -0.1) is 0 Å². The molecule has 4 nitrogen and oxygen atoms in total. The number of hydrogen-bond donors (Lipinski definition) is 1. The molecule has 5 heteroatoms. The molecule has 0 aromatic heterocycles. The maximum Gasteiger partial charge on any atom is 0.161 e. The molecule has 22 heavy (non-hydrogen) atoms. The van der Waals surface area contributed by atoms with Crippen molar-refractivity contribution < 1.29 is 9.47 Å². The van der Waals surface area contributed by atoms with Gasteiger partial charge in [0.05, 0.1) is 13.2 Å². The van der Waals surface area contributed by atoms with Gasteiger partial charge in [-0.25, -0.2) is 0 Å². The third-order valence-electron chi connectivity index (χ3n) is 4.96. The van der Waals surface area contributed by atoms with E-state index in [1.54, 1.807) is 7.11 Å². The number of hydrogen-bond acceptors (Lipinski definition) is 4. The molecule has 0 spiro atoms. The van der Waals surface area contributed by atoms with Gasteiger partial charge >= 0.3 is 0 Å². The molecule has 1 saturated heterocycles. The lowest BCUT2D eigenvalue weighted by Crippen LogP contribution is -2.25. The van der Waals surface area contributed by atoms with Gasteiger partial charge in [-0.3, -0.25) is 4.90 Å². The largest absolute Gasteiger partial charge is 0.493 e. The van der Waals surface area contributed by atoms with Crippen molar-refractivity contribution in [1.29, 1.82) is 0 Å². The zero-order chi connectivity index (χ0) is 15.7. The Morgan fingerprint density at radius 3 is 2.64 bits per heavy atom. The Kier molecular flexibility index (Phi) is 4.95. The highest BCUT2D eigenvalue weighted by atomic mass is 79.9. The maximum atomic E-state index is 6.13. The fraction of sp³-hybridized carbons (Fsp3) is 0.647. The molecule has 0 bridgehead atoms. The van der Waals surface area contributed by atoms with Crippen LogP contribution in [-0.2, 0) is 0 Å². The normalized spacial score (nSPS) is 26.0. The fourth-order valence-corrected chi connectivity index (χ4v) is 3.95. The Bertz CT molecular complexity index is 534. The molecule has 1 aromatic carbocycles. The molecule has 122 valence electrons. The van der Waals surface area contributed by atoms with Gasteiger partial charge in [0.15, 0.2) is 11.5 Å². The van der Waals surface area contributed by atoms with Gasteiger partial charge in [-0.1, -0.05) is 15.9 Å². The number of halogens is 1. The summed E-state index contributed by atoms with van der Waals surface area (Å²) < 4.78 is 12.7. The van der Waals surface area contributed by atoms with Crippen molar-refractivity contribution in [2.45, 2.75) is 37.8 Å². The van der Waals surface area contributed by atoms with E-state index >= 15 is 0 Å². The number of rotatable bonds is 5. The summed E-state index contributed by atoms with van der Waals surface area (Å²) in [5, 5.41) is 0. The number of ether oxygens (including phenoxy) is 2. The van der Waals surface area contributed by atoms with Crippen LogP contribution in [-0.4, -0.2) is 38.3 Å².